The molecule has 6 heteroatoms. The second kappa shape index (κ2) is 7.60. The Kier molecular flexibility index (Phi) is 5.54. The molecule has 0 aliphatic carbocycles. The number of amides is 2. The van der Waals surface area contributed by atoms with E-state index in [2.05, 4.69) is 5.32 Å². The van der Waals surface area contributed by atoms with Gasteiger partial charge >= 0.3 is 0 Å². The maximum atomic E-state index is 12.1. The number of Topliss-reactive ketones (excluding diaryl/α,β-unsaturated/α-hetero) is 1. The molecule has 0 heterocycles. The molecule has 0 saturated heterocycles. The molecule has 0 aromatic heterocycles. The van der Waals surface area contributed by atoms with Gasteiger partial charge in [-0.05, 0) is 19.1 Å². The molecule has 2 amide bonds. The van der Waals surface area contributed by atoms with E-state index in [1.54, 1.807) is 48.5 Å². The largest absolute Gasteiger partial charge is 0.369 e. The predicted octanol–water partition coefficient (Wildman–Crippen LogP) is 2.39. The van der Waals surface area contributed by atoms with Crippen LogP contribution in [0.4, 0.5) is 5.69 Å². The van der Waals surface area contributed by atoms with Gasteiger partial charge < -0.3 is 11.1 Å². The van der Waals surface area contributed by atoms with E-state index in [1.165, 1.54) is 11.8 Å². The first-order chi connectivity index (χ1) is 11.0. The van der Waals surface area contributed by atoms with Gasteiger partial charge in [-0.25, -0.2) is 0 Å². The van der Waals surface area contributed by atoms with Crippen LogP contribution in [0, 0.1) is 6.92 Å². The molecule has 3 N–H and O–H groups in total. The Balaban J connectivity index is 2.12. The van der Waals surface area contributed by atoms with Crippen LogP contribution in [0.5, 0.6) is 0 Å². The molecule has 2 aromatic rings. The van der Waals surface area contributed by atoms with E-state index in [0.29, 0.717) is 16.1 Å². The third-order valence-electron chi connectivity index (χ3n) is 3.03. The summed E-state index contributed by atoms with van der Waals surface area (Å²) in [6.45, 7) is 1.90. The van der Waals surface area contributed by atoms with E-state index < -0.39 is 17.6 Å². The van der Waals surface area contributed by atoms with Crippen molar-refractivity contribution in [2.45, 2.75) is 11.8 Å². The molecule has 0 spiro atoms. The fourth-order valence-corrected chi connectivity index (χ4v) is 2.61. The van der Waals surface area contributed by atoms with Gasteiger partial charge in [0.05, 0.1) is 11.4 Å². The molecule has 0 radical (unpaired) electrons. The van der Waals surface area contributed by atoms with E-state index in [1.807, 2.05) is 6.92 Å². The topological polar surface area (TPSA) is 89.3 Å². The average molecular weight is 328 g/mol. The van der Waals surface area contributed by atoms with Crippen molar-refractivity contribution in [3.63, 3.8) is 0 Å². The molecule has 0 fully saturated rings. The van der Waals surface area contributed by atoms with E-state index in [4.69, 9.17) is 5.73 Å². The first kappa shape index (κ1) is 16.8. The molecule has 2 aromatic carbocycles. The minimum atomic E-state index is -0.721. The molecule has 0 saturated carbocycles. The second-order valence-corrected chi connectivity index (χ2v) is 5.92. The Morgan fingerprint density at radius 3 is 2.35 bits per heavy atom. The number of nitrogens with one attached hydrogen (secondary N) is 1. The first-order valence-corrected chi connectivity index (χ1v) is 7.88. The summed E-state index contributed by atoms with van der Waals surface area (Å²) in [5.74, 6) is -1.69. The molecule has 2 rings (SSSR count). The summed E-state index contributed by atoms with van der Waals surface area (Å²) >= 11 is 1.21. The number of primary amides is 1. The summed E-state index contributed by atoms with van der Waals surface area (Å²) in [7, 11) is 0. The van der Waals surface area contributed by atoms with Crippen LogP contribution in [0.1, 0.15) is 15.9 Å². The molecule has 0 unspecified atom stereocenters. The lowest BCUT2D eigenvalue weighted by atomic mass is 10.1. The lowest BCUT2D eigenvalue weighted by Gasteiger charge is -2.09. The molecule has 0 bridgehead atoms. The van der Waals surface area contributed by atoms with Gasteiger partial charge in [-0.2, -0.15) is 0 Å². The molecule has 0 atom stereocenters. The SMILES string of the molecule is Cc1ccc(C(=O)C(=O)Nc2ccccc2SCC(N)=O)cc1. The average Bonchev–Trinajstić information content (AvgIpc) is 2.54. The highest BCUT2D eigenvalue weighted by Gasteiger charge is 2.17. The number of anilines is 1. The van der Waals surface area contributed by atoms with Crippen molar-refractivity contribution in [2.24, 2.45) is 5.73 Å². The number of aryl methyl sites for hydroxylation is 1. The van der Waals surface area contributed by atoms with Crippen molar-refractivity contribution in [2.75, 3.05) is 11.1 Å². The summed E-state index contributed by atoms with van der Waals surface area (Å²) in [6, 6.07) is 13.7. The normalized spacial score (nSPS) is 10.1. The van der Waals surface area contributed by atoms with Crippen LogP contribution in [-0.2, 0) is 9.59 Å². The summed E-state index contributed by atoms with van der Waals surface area (Å²) in [5, 5.41) is 2.59. The molecule has 118 valence electrons. The fraction of sp³-hybridized carbons (Fsp3) is 0.118. The zero-order chi connectivity index (χ0) is 16.8. The van der Waals surface area contributed by atoms with Gasteiger partial charge in [0.1, 0.15) is 0 Å². The number of carbonyl (C=O) groups excluding carboxylic acids is 3. The van der Waals surface area contributed by atoms with E-state index in [-0.39, 0.29) is 5.75 Å². The Morgan fingerprint density at radius 2 is 1.70 bits per heavy atom. The molecule has 0 aliphatic rings. The van der Waals surface area contributed by atoms with Crippen LogP contribution in [0.2, 0.25) is 0 Å². The number of ketones is 1. The second-order valence-electron chi connectivity index (χ2n) is 4.90. The van der Waals surface area contributed by atoms with Gasteiger partial charge in [0.25, 0.3) is 11.7 Å². The monoisotopic (exact) mass is 328 g/mol. The minimum Gasteiger partial charge on any atom is -0.369 e. The zero-order valence-electron chi connectivity index (χ0n) is 12.5. The maximum Gasteiger partial charge on any atom is 0.296 e. The van der Waals surface area contributed by atoms with Crippen molar-refractivity contribution < 1.29 is 14.4 Å². The fourth-order valence-electron chi connectivity index (χ4n) is 1.86. The van der Waals surface area contributed by atoms with Crippen LogP contribution >= 0.6 is 11.8 Å². The zero-order valence-corrected chi connectivity index (χ0v) is 13.4. The van der Waals surface area contributed by atoms with Crippen LogP contribution in [0.25, 0.3) is 0 Å². The van der Waals surface area contributed by atoms with Crippen LogP contribution in [0.15, 0.2) is 53.4 Å². The number of hydrogen-bond acceptors (Lipinski definition) is 4. The Labute approximate surface area is 138 Å². The van der Waals surface area contributed by atoms with Crippen molar-refractivity contribution in [3.05, 3.63) is 59.7 Å². The number of nitrogens with two attached hydrogens (primary N) is 1. The number of para-hydroxylation sites is 1. The summed E-state index contributed by atoms with van der Waals surface area (Å²) in [6.07, 6.45) is 0. The molecular weight excluding hydrogens is 312 g/mol. The number of carbonyl (C=O) groups is 3. The maximum absolute atomic E-state index is 12.1. The molecule has 5 nitrogen and oxygen atoms in total. The Hall–Kier alpha value is -2.60. The highest BCUT2D eigenvalue weighted by atomic mass is 32.2. The Bertz CT molecular complexity index is 742. The number of benzene rings is 2. The van der Waals surface area contributed by atoms with Crippen LogP contribution in [-0.4, -0.2) is 23.4 Å². The summed E-state index contributed by atoms with van der Waals surface area (Å²) < 4.78 is 0. The van der Waals surface area contributed by atoms with Gasteiger partial charge in [0.15, 0.2) is 0 Å². The summed E-state index contributed by atoms with van der Waals surface area (Å²) in [4.78, 5) is 35.8. The highest BCUT2D eigenvalue weighted by molar-refractivity contribution is 8.00. The van der Waals surface area contributed by atoms with Gasteiger partial charge in [-0.3, -0.25) is 14.4 Å². The molecule has 23 heavy (non-hydrogen) atoms. The number of thioether (sulfide) groups is 1. The Morgan fingerprint density at radius 1 is 1.04 bits per heavy atom. The number of hydrogen-bond donors (Lipinski definition) is 2. The lowest BCUT2D eigenvalue weighted by Crippen LogP contribution is -2.23. The summed E-state index contributed by atoms with van der Waals surface area (Å²) in [5.41, 5.74) is 6.94. The van der Waals surface area contributed by atoms with E-state index in [0.717, 1.165) is 5.56 Å². The standard InChI is InChI=1S/C17H16N2O3S/c1-11-6-8-12(9-7-11)16(21)17(22)19-13-4-2-3-5-14(13)23-10-15(18)20/h2-9H,10H2,1H3,(H2,18,20)(H,19,22). The number of rotatable bonds is 6. The van der Waals surface area contributed by atoms with Gasteiger partial charge in [-0.15, -0.1) is 11.8 Å². The van der Waals surface area contributed by atoms with Crippen molar-refractivity contribution in [3.8, 4) is 0 Å². The van der Waals surface area contributed by atoms with Crippen LogP contribution < -0.4 is 11.1 Å². The van der Waals surface area contributed by atoms with Gasteiger partial charge in [0, 0.05) is 10.5 Å². The third-order valence-corrected chi connectivity index (χ3v) is 4.12. The van der Waals surface area contributed by atoms with Gasteiger partial charge in [-0.1, -0.05) is 42.0 Å². The predicted molar refractivity (Wildman–Crippen MR) is 90.5 cm³/mol. The minimum absolute atomic E-state index is 0.0960. The quantitative estimate of drug-likeness (QED) is 0.484. The van der Waals surface area contributed by atoms with Crippen molar-refractivity contribution in [1.82, 2.24) is 0 Å². The molecular formula is C17H16N2O3S. The third kappa shape index (κ3) is 4.69. The van der Waals surface area contributed by atoms with Crippen molar-refractivity contribution >= 4 is 35.0 Å². The smallest absolute Gasteiger partial charge is 0.296 e. The highest BCUT2D eigenvalue weighted by Crippen LogP contribution is 2.26. The molecule has 0 aliphatic heterocycles. The van der Waals surface area contributed by atoms with Gasteiger partial charge in [0.2, 0.25) is 5.91 Å². The van der Waals surface area contributed by atoms with E-state index in [9.17, 15) is 14.4 Å². The van der Waals surface area contributed by atoms with Crippen molar-refractivity contribution in [1.29, 1.82) is 0 Å². The first-order valence-electron chi connectivity index (χ1n) is 6.90. The lowest BCUT2D eigenvalue weighted by molar-refractivity contribution is -0.115. The van der Waals surface area contributed by atoms with Crippen LogP contribution in [0.3, 0.4) is 0 Å². The van der Waals surface area contributed by atoms with E-state index >= 15 is 0 Å².